The van der Waals surface area contributed by atoms with E-state index in [0.29, 0.717) is 19.7 Å². The molecule has 0 saturated heterocycles. The highest BCUT2D eigenvalue weighted by Crippen LogP contribution is 1.97. The average molecular weight is 279 g/mol. The largest absolute Gasteiger partial charge is 0.383 e. The van der Waals surface area contributed by atoms with Crippen molar-refractivity contribution in [1.82, 2.24) is 16.0 Å². The fourth-order valence-electron chi connectivity index (χ4n) is 1.52. The normalized spacial score (nSPS) is 11.5. The molecule has 0 radical (unpaired) electrons. The van der Waals surface area contributed by atoms with Gasteiger partial charge in [0.15, 0.2) is 0 Å². The van der Waals surface area contributed by atoms with Gasteiger partial charge in [-0.15, -0.1) is 0 Å². The Hall–Kier alpha value is -2.08. The SMILES string of the molecule is COCCNC(=O)NC(C)C(=O)NCc1ccccc1. The van der Waals surface area contributed by atoms with Crippen molar-refractivity contribution in [2.24, 2.45) is 0 Å². The first kappa shape index (κ1) is 16.0. The van der Waals surface area contributed by atoms with Crippen LogP contribution in [0.1, 0.15) is 12.5 Å². The Morgan fingerprint density at radius 2 is 1.90 bits per heavy atom. The molecular weight excluding hydrogens is 258 g/mol. The van der Waals surface area contributed by atoms with Crippen LogP contribution in [0.5, 0.6) is 0 Å². The molecule has 110 valence electrons. The Bertz CT molecular complexity index is 423. The van der Waals surface area contributed by atoms with Crippen molar-refractivity contribution >= 4 is 11.9 Å². The van der Waals surface area contributed by atoms with Crippen LogP contribution in [0.15, 0.2) is 30.3 Å². The number of carbonyl (C=O) groups excluding carboxylic acids is 2. The summed E-state index contributed by atoms with van der Waals surface area (Å²) in [6.45, 7) is 2.91. The van der Waals surface area contributed by atoms with Gasteiger partial charge in [-0.1, -0.05) is 30.3 Å². The number of methoxy groups -OCH3 is 1. The Morgan fingerprint density at radius 1 is 1.20 bits per heavy atom. The van der Waals surface area contributed by atoms with Gasteiger partial charge in [0.05, 0.1) is 6.61 Å². The maximum atomic E-state index is 11.8. The summed E-state index contributed by atoms with van der Waals surface area (Å²) in [5, 5.41) is 7.91. The zero-order valence-corrected chi connectivity index (χ0v) is 11.8. The van der Waals surface area contributed by atoms with Crippen LogP contribution < -0.4 is 16.0 Å². The number of amides is 3. The van der Waals surface area contributed by atoms with Crippen LogP contribution in [-0.2, 0) is 16.1 Å². The highest BCUT2D eigenvalue weighted by molar-refractivity contribution is 5.86. The average Bonchev–Trinajstić information content (AvgIpc) is 2.46. The third-order valence-electron chi connectivity index (χ3n) is 2.64. The van der Waals surface area contributed by atoms with Gasteiger partial charge < -0.3 is 20.7 Å². The van der Waals surface area contributed by atoms with E-state index >= 15 is 0 Å². The van der Waals surface area contributed by atoms with Gasteiger partial charge in [0.1, 0.15) is 6.04 Å². The van der Waals surface area contributed by atoms with Gasteiger partial charge >= 0.3 is 6.03 Å². The molecule has 0 bridgehead atoms. The summed E-state index contributed by atoms with van der Waals surface area (Å²) < 4.78 is 4.81. The first-order chi connectivity index (χ1) is 9.63. The lowest BCUT2D eigenvalue weighted by atomic mass is 10.2. The van der Waals surface area contributed by atoms with E-state index < -0.39 is 6.04 Å². The highest BCUT2D eigenvalue weighted by atomic mass is 16.5. The number of hydrogen-bond donors (Lipinski definition) is 3. The molecule has 0 aliphatic carbocycles. The van der Waals surface area contributed by atoms with Gasteiger partial charge in [-0.05, 0) is 12.5 Å². The van der Waals surface area contributed by atoms with Crippen molar-refractivity contribution in [3.63, 3.8) is 0 Å². The minimum atomic E-state index is -0.596. The minimum Gasteiger partial charge on any atom is -0.383 e. The van der Waals surface area contributed by atoms with Gasteiger partial charge in [-0.2, -0.15) is 0 Å². The molecule has 6 nitrogen and oxygen atoms in total. The van der Waals surface area contributed by atoms with Crippen molar-refractivity contribution in [1.29, 1.82) is 0 Å². The second-order valence-electron chi connectivity index (χ2n) is 4.32. The first-order valence-corrected chi connectivity index (χ1v) is 6.48. The summed E-state index contributed by atoms with van der Waals surface area (Å²) in [6.07, 6.45) is 0. The molecule has 6 heteroatoms. The van der Waals surface area contributed by atoms with E-state index in [1.54, 1.807) is 14.0 Å². The maximum absolute atomic E-state index is 11.8. The van der Waals surface area contributed by atoms with E-state index in [4.69, 9.17) is 4.74 Å². The predicted octanol–water partition coefficient (Wildman–Crippen LogP) is 0.637. The monoisotopic (exact) mass is 279 g/mol. The van der Waals surface area contributed by atoms with Crippen LogP contribution in [0.25, 0.3) is 0 Å². The summed E-state index contributed by atoms with van der Waals surface area (Å²) in [6, 6.07) is 8.61. The minimum absolute atomic E-state index is 0.226. The number of hydrogen-bond acceptors (Lipinski definition) is 3. The number of ether oxygens (including phenoxy) is 1. The molecule has 0 spiro atoms. The van der Waals surface area contributed by atoms with Gasteiger partial charge in [0.25, 0.3) is 0 Å². The summed E-state index contributed by atoms with van der Waals surface area (Å²) in [5.74, 6) is -0.226. The highest BCUT2D eigenvalue weighted by Gasteiger charge is 2.14. The Balaban J connectivity index is 2.26. The number of rotatable bonds is 7. The van der Waals surface area contributed by atoms with Crippen LogP contribution in [-0.4, -0.2) is 38.2 Å². The quantitative estimate of drug-likeness (QED) is 0.641. The molecular formula is C14H21N3O3. The Kier molecular flexibility index (Phi) is 7.13. The van der Waals surface area contributed by atoms with Gasteiger partial charge in [0.2, 0.25) is 5.91 Å². The van der Waals surface area contributed by atoms with E-state index in [9.17, 15) is 9.59 Å². The van der Waals surface area contributed by atoms with Crippen molar-refractivity contribution in [2.45, 2.75) is 19.5 Å². The fraction of sp³-hybridized carbons (Fsp3) is 0.429. The van der Waals surface area contributed by atoms with E-state index in [0.717, 1.165) is 5.56 Å². The molecule has 0 aliphatic heterocycles. The molecule has 3 amide bonds. The smallest absolute Gasteiger partial charge is 0.315 e. The number of nitrogens with one attached hydrogen (secondary N) is 3. The van der Waals surface area contributed by atoms with Crippen molar-refractivity contribution in [3.05, 3.63) is 35.9 Å². The van der Waals surface area contributed by atoms with E-state index in [-0.39, 0.29) is 11.9 Å². The van der Waals surface area contributed by atoms with Gasteiger partial charge in [-0.25, -0.2) is 4.79 Å². The lowest BCUT2D eigenvalue weighted by Crippen LogP contribution is -2.48. The summed E-state index contributed by atoms with van der Waals surface area (Å²) >= 11 is 0. The zero-order valence-electron chi connectivity index (χ0n) is 11.8. The number of urea groups is 1. The molecule has 0 fully saturated rings. The second-order valence-corrected chi connectivity index (χ2v) is 4.32. The lowest BCUT2D eigenvalue weighted by Gasteiger charge is -2.14. The molecule has 1 rings (SSSR count). The third-order valence-corrected chi connectivity index (χ3v) is 2.64. The van der Waals surface area contributed by atoms with Crippen LogP contribution in [0.2, 0.25) is 0 Å². The molecule has 0 saturated carbocycles. The predicted molar refractivity (Wildman–Crippen MR) is 76.2 cm³/mol. The topological polar surface area (TPSA) is 79.5 Å². The Morgan fingerprint density at radius 3 is 2.55 bits per heavy atom. The van der Waals surface area contributed by atoms with Gasteiger partial charge in [0, 0.05) is 20.2 Å². The number of carbonyl (C=O) groups is 2. The zero-order chi connectivity index (χ0) is 14.8. The third kappa shape index (κ3) is 6.19. The van der Waals surface area contributed by atoms with Gasteiger partial charge in [-0.3, -0.25) is 4.79 Å². The summed E-state index contributed by atoms with van der Waals surface area (Å²) in [7, 11) is 1.55. The van der Waals surface area contributed by atoms with Crippen LogP contribution in [0, 0.1) is 0 Å². The molecule has 1 aromatic rings. The molecule has 20 heavy (non-hydrogen) atoms. The first-order valence-electron chi connectivity index (χ1n) is 6.48. The van der Waals surface area contributed by atoms with E-state index in [1.165, 1.54) is 0 Å². The summed E-state index contributed by atoms with van der Waals surface area (Å²) in [5.41, 5.74) is 1.01. The lowest BCUT2D eigenvalue weighted by molar-refractivity contribution is -0.122. The van der Waals surface area contributed by atoms with Crippen molar-refractivity contribution in [2.75, 3.05) is 20.3 Å². The standard InChI is InChI=1S/C14H21N3O3/c1-11(17-14(19)15-8-9-20-2)13(18)16-10-12-6-4-3-5-7-12/h3-7,11H,8-10H2,1-2H3,(H,16,18)(H2,15,17,19). The molecule has 0 aromatic heterocycles. The molecule has 0 aliphatic rings. The summed E-state index contributed by atoms with van der Waals surface area (Å²) in [4.78, 5) is 23.3. The Labute approximate surface area is 118 Å². The van der Waals surface area contributed by atoms with Crippen molar-refractivity contribution in [3.8, 4) is 0 Å². The molecule has 3 N–H and O–H groups in total. The van der Waals surface area contributed by atoms with E-state index in [2.05, 4.69) is 16.0 Å². The molecule has 1 atom stereocenters. The van der Waals surface area contributed by atoms with Crippen LogP contribution in [0.3, 0.4) is 0 Å². The van der Waals surface area contributed by atoms with Crippen molar-refractivity contribution < 1.29 is 14.3 Å². The molecule has 1 unspecified atom stereocenters. The van der Waals surface area contributed by atoms with E-state index in [1.807, 2.05) is 30.3 Å². The number of benzene rings is 1. The fourth-order valence-corrected chi connectivity index (χ4v) is 1.52. The second kappa shape index (κ2) is 8.92. The maximum Gasteiger partial charge on any atom is 0.315 e. The molecule has 1 aromatic carbocycles. The van der Waals surface area contributed by atoms with Crippen LogP contribution in [0.4, 0.5) is 4.79 Å². The van der Waals surface area contributed by atoms with Crippen LogP contribution >= 0.6 is 0 Å². The molecule has 0 heterocycles.